The molecule has 1 aliphatic heterocycles. The second kappa shape index (κ2) is 7.29. The highest BCUT2D eigenvalue weighted by molar-refractivity contribution is 5.96. The van der Waals surface area contributed by atoms with Gasteiger partial charge in [-0.1, -0.05) is 12.1 Å². The SMILES string of the molecule is CCOC(=O)N[C@H]1CCCN(C(=O)c2c(CC)noc2C)C1. The molecule has 1 aromatic rings. The number of nitrogens with one attached hydrogen (secondary N) is 1. The quantitative estimate of drug-likeness (QED) is 0.918. The van der Waals surface area contributed by atoms with Gasteiger partial charge in [0, 0.05) is 19.1 Å². The predicted molar refractivity (Wildman–Crippen MR) is 79.7 cm³/mol. The minimum Gasteiger partial charge on any atom is -0.450 e. The highest BCUT2D eigenvalue weighted by Gasteiger charge is 2.29. The summed E-state index contributed by atoms with van der Waals surface area (Å²) in [5.74, 6) is 0.466. The molecule has 1 fully saturated rings. The summed E-state index contributed by atoms with van der Waals surface area (Å²) in [7, 11) is 0. The van der Waals surface area contributed by atoms with Crippen LogP contribution in [0.2, 0.25) is 0 Å². The van der Waals surface area contributed by atoms with Gasteiger partial charge in [-0.3, -0.25) is 4.79 Å². The van der Waals surface area contributed by atoms with Crippen molar-refractivity contribution in [3.63, 3.8) is 0 Å². The maximum absolute atomic E-state index is 12.7. The lowest BCUT2D eigenvalue weighted by molar-refractivity contribution is 0.0683. The molecule has 0 saturated carbocycles. The number of aromatic nitrogens is 1. The van der Waals surface area contributed by atoms with E-state index in [-0.39, 0.29) is 11.9 Å². The summed E-state index contributed by atoms with van der Waals surface area (Å²) in [4.78, 5) is 26.0. The van der Waals surface area contributed by atoms with Crippen LogP contribution >= 0.6 is 0 Å². The molecule has 0 aliphatic carbocycles. The van der Waals surface area contributed by atoms with E-state index < -0.39 is 6.09 Å². The molecule has 2 rings (SSSR count). The average Bonchev–Trinajstić information content (AvgIpc) is 2.88. The number of piperidine rings is 1. The molecule has 122 valence electrons. The third-order valence-electron chi connectivity index (χ3n) is 3.79. The van der Waals surface area contributed by atoms with Gasteiger partial charge in [0.15, 0.2) is 0 Å². The number of amides is 2. The molecule has 7 nitrogen and oxygen atoms in total. The molecule has 22 heavy (non-hydrogen) atoms. The van der Waals surface area contributed by atoms with Crippen molar-refractivity contribution in [2.45, 2.75) is 46.1 Å². The summed E-state index contributed by atoms with van der Waals surface area (Å²) in [5, 5.41) is 6.73. The van der Waals surface area contributed by atoms with Gasteiger partial charge in [-0.25, -0.2) is 4.79 Å². The van der Waals surface area contributed by atoms with Crippen molar-refractivity contribution in [2.75, 3.05) is 19.7 Å². The molecule has 1 atom stereocenters. The summed E-state index contributed by atoms with van der Waals surface area (Å²) in [6.45, 7) is 6.93. The van der Waals surface area contributed by atoms with Gasteiger partial charge in [0.25, 0.3) is 5.91 Å². The number of nitrogens with zero attached hydrogens (tertiary/aromatic N) is 2. The molecule has 1 aromatic heterocycles. The van der Waals surface area contributed by atoms with Crippen molar-refractivity contribution < 1.29 is 18.8 Å². The number of carbonyl (C=O) groups excluding carboxylic acids is 2. The van der Waals surface area contributed by atoms with Crippen LogP contribution in [0.3, 0.4) is 0 Å². The second-order valence-corrected chi connectivity index (χ2v) is 5.37. The molecule has 2 heterocycles. The molecule has 1 N–H and O–H groups in total. The Labute approximate surface area is 130 Å². The fourth-order valence-electron chi connectivity index (χ4n) is 2.71. The summed E-state index contributed by atoms with van der Waals surface area (Å²) in [5.41, 5.74) is 1.24. The minimum absolute atomic E-state index is 0.0778. The molecule has 0 spiro atoms. The van der Waals surface area contributed by atoms with E-state index >= 15 is 0 Å². The van der Waals surface area contributed by atoms with E-state index in [4.69, 9.17) is 9.26 Å². The van der Waals surface area contributed by atoms with Crippen LogP contribution in [-0.4, -0.2) is 47.8 Å². The first-order valence-electron chi connectivity index (χ1n) is 7.74. The third-order valence-corrected chi connectivity index (χ3v) is 3.79. The zero-order valence-corrected chi connectivity index (χ0v) is 13.3. The number of aryl methyl sites for hydroxylation is 2. The van der Waals surface area contributed by atoms with Crippen LogP contribution in [0.25, 0.3) is 0 Å². The Kier molecular flexibility index (Phi) is 5.41. The van der Waals surface area contributed by atoms with Gasteiger partial charge >= 0.3 is 6.09 Å². The Balaban J connectivity index is 2.04. The summed E-state index contributed by atoms with van der Waals surface area (Å²) < 4.78 is 10.0. The Morgan fingerprint density at radius 3 is 2.91 bits per heavy atom. The fraction of sp³-hybridized carbons (Fsp3) is 0.667. The van der Waals surface area contributed by atoms with E-state index in [1.54, 1.807) is 18.7 Å². The predicted octanol–water partition coefficient (Wildman–Crippen LogP) is 1.90. The summed E-state index contributed by atoms with van der Waals surface area (Å²) >= 11 is 0. The number of hydrogen-bond donors (Lipinski definition) is 1. The van der Waals surface area contributed by atoms with Crippen LogP contribution in [-0.2, 0) is 11.2 Å². The van der Waals surface area contributed by atoms with Crippen molar-refractivity contribution >= 4 is 12.0 Å². The Bertz CT molecular complexity index is 541. The van der Waals surface area contributed by atoms with E-state index in [1.807, 2.05) is 6.92 Å². The number of ether oxygens (including phenoxy) is 1. The molecule has 2 amide bonds. The van der Waals surface area contributed by atoms with E-state index in [2.05, 4.69) is 10.5 Å². The van der Waals surface area contributed by atoms with Gasteiger partial charge < -0.3 is 19.5 Å². The van der Waals surface area contributed by atoms with Crippen molar-refractivity contribution in [2.24, 2.45) is 0 Å². The molecule has 7 heteroatoms. The maximum Gasteiger partial charge on any atom is 0.407 e. The average molecular weight is 309 g/mol. The van der Waals surface area contributed by atoms with Gasteiger partial charge in [0.2, 0.25) is 0 Å². The van der Waals surface area contributed by atoms with Crippen LogP contribution in [0.4, 0.5) is 4.79 Å². The topological polar surface area (TPSA) is 84.7 Å². The normalized spacial score (nSPS) is 18.1. The van der Waals surface area contributed by atoms with Crippen molar-refractivity contribution in [1.29, 1.82) is 0 Å². The molecular weight excluding hydrogens is 286 g/mol. The van der Waals surface area contributed by atoms with E-state index in [0.29, 0.717) is 43.1 Å². The van der Waals surface area contributed by atoms with Crippen LogP contribution in [0.15, 0.2) is 4.52 Å². The Morgan fingerprint density at radius 2 is 2.23 bits per heavy atom. The van der Waals surface area contributed by atoms with E-state index in [1.165, 1.54) is 0 Å². The molecule has 1 aliphatic rings. The van der Waals surface area contributed by atoms with Gasteiger partial charge in [0.05, 0.1) is 12.3 Å². The molecule has 0 radical (unpaired) electrons. The molecular formula is C15H23N3O4. The first-order valence-corrected chi connectivity index (χ1v) is 7.74. The molecule has 0 bridgehead atoms. The molecule has 0 unspecified atom stereocenters. The van der Waals surface area contributed by atoms with E-state index in [9.17, 15) is 9.59 Å². The lowest BCUT2D eigenvalue weighted by Crippen LogP contribution is -2.49. The first kappa shape index (κ1) is 16.3. The van der Waals surface area contributed by atoms with Gasteiger partial charge in [-0.15, -0.1) is 0 Å². The van der Waals surface area contributed by atoms with Crippen LogP contribution in [0.1, 0.15) is 48.5 Å². The van der Waals surface area contributed by atoms with Crippen molar-refractivity contribution in [3.05, 3.63) is 17.0 Å². The second-order valence-electron chi connectivity index (χ2n) is 5.37. The lowest BCUT2D eigenvalue weighted by atomic mass is 10.0. The molecule has 0 aromatic carbocycles. The van der Waals surface area contributed by atoms with Crippen LogP contribution < -0.4 is 5.32 Å². The number of alkyl carbamates (subject to hydrolysis) is 1. The van der Waals surface area contributed by atoms with Gasteiger partial charge in [-0.05, 0) is 33.1 Å². The van der Waals surface area contributed by atoms with Crippen LogP contribution in [0, 0.1) is 6.92 Å². The monoisotopic (exact) mass is 309 g/mol. The number of carbonyl (C=O) groups is 2. The number of hydrogen-bond acceptors (Lipinski definition) is 5. The van der Waals surface area contributed by atoms with Crippen molar-refractivity contribution in [1.82, 2.24) is 15.4 Å². The Morgan fingerprint density at radius 1 is 1.45 bits per heavy atom. The molecule has 1 saturated heterocycles. The summed E-state index contributed by atoms with van der Waals surface area (Å²) in [6, 6.07) is -0.0815. The zero-order chi connectivity index (χ0) is 16.1. The Hall–Kier alpha value is -2.05. The fourth-order valence-corrected chi connectivity index (χ4v) is 2.71. The number of rotatable bonds is 4. The third kappa shape index (κ3) is 3.58. The van der Waals surface area contributed by atoms with Crippen LogP contribution in [0.5, 0.6) is 0 Å². The maximum atomic E-state index is 12.7. The van der Waals surface area contributed by atoms with E-state index in [0.717, 1.165) is 12.8 Å². The largest absolute Gasteiger partial charge is 0.450 e. The smallest absolute Gasteiger partial charge is 0.407 e. The highest BCUT2D eigenvalue weighted by Crippen LogP contribution is 2.19. The lowest BCUT2D eigenvalue weighted by Gasteiger charge is -2.32. The first-order chi connectivity index (χ1) is 10.6. The standard InChI is InChI=1S/C15H23N3O4/c1-4-12-13(10(3)22-17-12)14(19)18-8-6-7-11(9-18)16-15(20)21-5-2/h11H,4-9H2,1-3H3,(H,16,20)/t11-/m0/s1. The summed E-state index contributed by atoms with van der Waals surface area (Å²) in [6.07, 6.45) is 1.90. The van der Waals surface area contributed by atoms with Gasteiger partial charge in [-0.2, -0.15) is 0 Å². The minimum atomic E-state index is -0.433. The highest BCUT2D eigenvalue weighted by atomic mass is 16.5. The number of likely N-dealkylation sites (tertiary alicyclic amines) is 1. The zero-order valence-electron chi connectivity index (χ0n) is 13.3. The van der Waals surface area contributed by atoms with Crippen molar-refractivity contribution in [3.8, 4) is 0 Å². The van der Waals surface area contributed by atoms with Gasteiger partial charge in [0.1, 0.15) is 11.3 Å².